The molecule has 1 rings (SSSR count). The van der Waals surface area contributed by atoms with Crippen molar-refractivity contribution >= 4 is 41.1 Å². The van der Waals surface area contributed by atoms with E-state index in [9.17, 15) is 14.4 Å². The van der Waals surface area contributed by atoms with Gasteiger partial charge in [0.1, 0.15) is 0 Å². The summed E-state index contributed by atoms with van der Waals surface area (Å²) in [5.74, 6) is -1.51. The fraction of sp³-hybridized carbons (Fsp3) is 0.308. The summed E-state index contributed by atoms with van der Waals surface area (Å²) in [4.78, 5) is 34.0. The molecule has 8 heteroatoms. The normalized spacial score (nSPS) is 10.5. The SMILES string of the molecule is COc1cc[c]([Sn]([O]C(C)=O)([O]C(C)=O)[O]C(C)=O)cc1. The average Bonchev–Trinajstić information content (AvgIpc) is 2.36. The molecule has 7 nitrogen and oxygen atoms in total. The van der Waals surface area contributed by atoms with Gasteiger partial charge in [-0.25, -0.2) is 0 Å². The maximum absolute atomic E-state index is 11.3. The molecule has 0 aliphatic heterocycles. The van der Waals surface area contributed by atoms with Crippen LogP contribution in [-0.2, 0) is 23.6 Å². The van der Waals surface area contributed by atoms with Gasteiger partial charge in [-0.3, -0.25) is 0 Å². The van der Waals surface area contributed by atoms with Crippen LogP contribution >= 0.6 is 0 Å². The molecule has 0 bridgehead atoms. The molecule has 0 aromatic heterocycles. The second-order valence-corrected chi connectivity index (χ2v) is 10.6. The molecule has 0 fully saturated rings. The first-order valence-corrected chi connectivity index (χ1v) is 10.9. The Labute approximate surface area is 127 Å². The Morgan fingerprint density at radius 3 is 1.48 bits per heavy atom. The van der Waals surface area contributed by atoms with E-state index in [1.807, 2.05) is 0 Å². The Morgan fingerprint density at radius 2 is 1.19 bits per heavy atom. The molecule has 0 saturated heterocycles. The van der Waals surface area contributed by atoms with Crippen molar-refractivity contribution in [1.29, 1.82) is 0 Å². The van der Waals surface area contributed by atoms with Crippen LogP contribution in [0, 0.1) is 0 Å². The third kappa shape index (κ3) is 4.92. The predicted octanol–water partition coefficient (Wildman–Crippen LogP) is 0.530. The molecular weight excluding hydrogens is 387 g/mol. The van der Waals surface area contributed by atoms with Gasteiger partial charge in [0.15, 0.2) is 0 Å². The standard InChI is InChI=1S/C7H7O.3C2H4O2.Sn/c1-8-7-5-3-2-4-6-7;3*1-2(3)4;/h3-6H,1H3;3*1H3,(H,3,4);/q;;;;+3/p-3. The van der Waals surface area contributed by atoms with Gasteiger partial charge in [-0.1, -0.05) is 0 Å². The molecule has 1 aromatic rings. The Morgan fingerprint density at radius 1 is 0.810 bits per heavy atom. The Bertz CT molecular complexity index is 497. The first-order valence-electron chi connectivity index (χ1n) is 6.02. The van der Waals surface area contributed by atoms with Crippen molar-refractivity contribution in [3.63, 3.8) is 0 Å². The number of ether oxygens (including phenoxy) is 1. The summed E-state index contributed by atoms with van der Waals surface area (Å²) in [6.45, 7) is 3.46. The van der Waals surface area contributed by atoms with Crippen LogP contribution in [0.15, 0.2) is 24.3 Å². The minimum atomic E-state index is -4.89. The van der Waals surface area contributed by atoms with Gasteiger partial charge < -0.3 is 0 Å². The fourth-order valence-corrected chi connectivity index (χ4v) is 7.85. The molecule has 0 saturated carbocycles. The summed E-state index contributed by atoms with van der Waals surface area (Å²) < 4.78 is 20.9. The van der Waals surface area contributed by atoms with Crippen LogP contribution < -0.4 is 8.32 Å². The Kier molecular flexibility index (Phi) is 6.01. The number of carbonyl (C=O) groups is 3. The minimum absolute atomic E-state index is 0.366. The first-order chi connectivity index (χ1) is 9.79. The van der Waals surface area contributed by atoms with E-state index in [1.54, 1.807) is 24.3 Å². The van der Waals surface area contributed by atoms with Crippen molar-refractivity contribution in [2.45, 2.75) is 20.8 Å². The zero-order chi connectivity index (χ0) is 16.0. The van der Waals surface area contributed by atoms with Gasteiger partial charge in [0.25, 0.3) is 0 Å². The second-order valence-electron chi connectivity index (χ2n) is 4.07. The van der Waals surface area contributed by atoms with Crippen molar-refractivity contribution in [1.82, 2.24) is 0 Å². The molecule has 0 aliphatic carbocycles. The number of benzene rings is 1. The van der Waals surface area contributed by atoms with Gasteiger partial charge in [-0.05, 0) is 0 Å². The molecule has 0 spiro atoms. The fourth-order valence-electron chi connectivity index (χ4n) is 1.60. The Hall–Kier alpha value is -1.77. The van der Waals surface area contributed by atoms with E-state index in [-0.39, 0.29) is 0 Å². The van der Waals surface area contributed by atoms with Crippen molar-refractivity contribution in [2.24, 2.45) is 0 Å². The summed E-state index contributed by atoms with van der Waals surface area (Å²) in [7, 11) is 1.50. The van der Waals surface area contributed by atoms with Crippen LogP contribution in [0.2, 0.25) is 0 Å². The molecule has 0 amide bonds. The summed E-state index contributed by atoms with van der Waals surface area (Å²) in [5, 5.41) is 0. The molecule has 0 aliphatic rings. The van der Waals surface area contributed by atoms with Crippen LogP contribution in [0.4, 0.5) is 0 Å². The number of hydrogen-bond acceptors (Lipinski definition) is 7. The van der Waals surface area contributed by atoms with E-state index in [4.69, 9.17) is 14.0 Å². The zero-order valence-electron chi connectivity index (χ0n) is 12.2. The summed E-state index contributed by atoms with van der Waals surface area (Å²) >= 11 is -4.89. The predicted molar refractivity (Wildman–Crippen MR) is 73.7 cm³/mol. The molecule has 0 atom stereocenters. The molecule has 0 N–H and O–H groups in total. The second kappa shape index (κ2) is 7.30. The molecule has 1 aromatic carbocycles. The van der Waals surface area contributed by atoms with Gasteiger partial charge >= 0.3 is 127 Å². The summed E-state index contributed by atoms with van der Waals surface area (Å²) in [5.41, 5.74) is 0. The zero-order valence-corrected chi connectivity index (χ0v) is 15.0. The first kappa shape index (κ1) is 17.3. The monoisotopic (exact) mass is 404 g/mol. The molecule has 114 valence electrons. The number of hydrogen-bond donors (Lipinski definition) is 0. The van der Waals surface area contributed by atoms with Gasteiger partial charge in [0.2, 0.25) is 0 Å². The van der Waals surface area contributed by atoms with Crippen LogP contribution in [0.3, 0.4) is 0 Å². The van der Waals surface area contributed by atoms with E-state index in [0.29, 0.717) is 9.33 Å². The van der Waals surface area contributed by atoms with Crippen LogP contribution in [-0.4, -0.2) is 44.6 Å². The third-order valence-electron chi connectivity index (χ3n) is 2.28. The van der Waals surface area contributed by atoms with Crippen LogP contribution in [0.5, 0.6) is 5.75 Å². The molecular formula is C13H16O7Sn. The molecule has 0 heterocycles. The van der Waals surface area contributed by atoms with Crippen LogP contribution in [0.25, 0.3) is 0 Å². The number of rotatable bonds is 5. The van der Waals surface area contributed by atoms with E-state index in [0.717, 1.165) is 20.8 Å². The van der Waals surface area contributed by atoms with Gasteiger partial charge in [-0.2, -0.15) is 0 Å². The van der Waals surface area contributed by atoms with Crippen LogP contribution in [0.1, 0.15) is 20.8 Å². The topological polar surface area (TPSA) is 88.1 Å². The van der Waals surface area contributed by atoms with Gasteiger partial charge in [0.05, 0.1) is 0 Å². The molecule has 0 unspecified atom stereocenters. The van der Waals surface area contributed by atoms with Crippen molar-refractivity contribution in [3.05, 3.63) is 24.3 Å². The van der Waals surface area contributed by atoms with E-state index in [1.165, 1.54) is 7.11 Å². The van der Waals surface area contributed by atoms with E-state index >= 15 is 0 Å². The van der Waals surface area contributed by atoms with E-state index < -0.39 is 37.5 Å². The number of carbonyl (C=O) groups excluding carboxylic acids is 3. The summed E-state index contributed by atoms with van der Waals surface area (Å²) in [6, 6.07) is 6.28. The quantitative estimate of drug-likeness (QED) is 0.663. The van der Waals surface area contributed by atoms with E-state index in [2.05, 4.69) is 0 Å². The maximum atomic E-state index is 11.3. The van der Waals surface area contributed by atoms with Gasteiger partial charge in [-0.15, -0.1) is 0 Å². The Balaban J connectivity index is 3.32. The summed E-state index contributed by atoms with van der Waals surface area (Å²) in [6.07, 6.45) is 0. The van der Waals surface area contributed by atoms with Crippen molar-refractivity contribution < 1.29 is 28.3 Å². The number of methoxy groups -OCH3 is 1. The van der Waals surface area contributed by atoms with Crippen molar-refractivity contribution in [2.75, 3.05) is 7.11 Å². The molecule has 0 radical (unpaired) electrons. The van der Waals surface area contributed by atoms with Crippen molar-refractivity contribution in [3.8, 4) is 5.75 Å². The molecule has 21 heavy (non-hydrogen) atoms. The average molecular weight is 403 g/mol. The third-order valence-corrected chi connectivity index (χ3v) is 10.0. The van der Waals surface area contributed by atoms with Gasteiger partial charge in [0, 0.05) is 0 Å².